The maximum absolute atomic E-state index is 10.1. The average molecular weight is 278 g/mol. The number of nitrogens with zero attached hydrogens (tertiary/aromatic N) is 1. The predicted molar refractivity (Wildman–Crippen MR) is 81.3 cm³/mol. The van der Waals surface area contributed by atoms with Crippen LogP contribution in [0.3, 0.4) is 0 Å². The van der Waals surface area contributed by atoms with Gasteiger partial charge in [0.2, 0.25) is 0 Å². The fourth-order valence-corrected chi connectivity index (χ4v) is 2.93. The van der Waals surface area contributed by atoms with Crippen LogP contribution in [0.5, 0.6) is 11.5 Å². The summed E-state index contributed by atoms with van der Waals surface area (Å²) >= 11 is 0. The summed E-state index contributed by atoms with van der Waals surface area (Å²) in [6.07, 6.45) is 5.01. The number of hydrogen-bond donors (Lipinski definition) is 2. The average Bonchev–Trinajstić information content (AvgIpc) is 2.48. The summed E-state index contributed by atoms with van der Waals surface area (Å²) in [7, 11) is 3.62. The molecule has 20 heavy (non-hydrogen) atoms. The van der Waals surface area contributed by atoms with Gasteiger partial charge in [0.1, 0.15) is 11.5 Å². The zero-order valence-electron chi connectivity index (χ0n) is 12.6. The Morgan fingerprint density at radius 3 is 2.95 bits per heavy atom. The number of phenols is 1. The second-order valence-electron chi connectivity index (χ2n) is 5.51. The number of phenolic OH excluding ortho intramolecular Hbond substituents is 1. The van der Waals surface area contributed by atoms with Gasteiger partial charge in [0.05, 0.1) is 7.11 Å². The van der Waals surface area contributed by atoms with E-state index < -0.39 is 0 Å². The Hall–Kier alpha value is -1.26. The molecular formula is C16H26N2O2. The van der Waals surface area contributed by atoms with Crippen LogP contribution < -0.4 is 10.1 Å². The zero-order chi connectivity index (χ0) is 14.4. The maximum Gasteiger partial charge on any atom is 0.123 e. The van der Waals surface area contributed by atoms with Gasteiger partial charge in [-0.2, -0.15) is 0 Å². The molecule has 1 aliphatic rings. The third kappa shape index (κ3) is 3.87. The van der Waals surface area contributed by atoms with E-state index in [-0.39, 0.29) is 0 Å². The van der Waals surface area contributed by atoms with Gasteiger partial charge in [-0.3, -0.25) is 4.90 Å². The van der Waals surface area contributed by atoms with E-state index in [1.54, 1.807) is 13.2 Å². The molecular weight excluding hydrogens is 252 g/mol. The van der Waals surface area contributed by atoms with E-state index in [1.807, 2.05) is 19.2 Å². The zero-order valence-corrected chi connectivity index (χ0v) is 12.6. The molecule has 1 heterocycles. The monoisotopic (exact) mass is 278 g/mol. The second-order valence-corrected chi connectivity index (χ2v) is 5.51. The first-order valence-corrected chi connectivity index (χ1v) is 7.49. The van der Waals surface area contributed by atoms with Gasteiger partial charge in [0.25, 0.3) is 0 Å². The molecule has 1 aromatic rings. The van der Waals surface area contributed by atoms with Crippen molar-refractivity contribution in [3.05, 3.63) is 23.8 Å². The number of piperidine rings is 1. The van der Waals surface area contributed by atoms with Crippen molar-refractivity contribution in [3.8, 4) is 11.5 Å². The first-order chi connectivity index (χ1) is 9.74. The lowest BCUT2D eigenvalue weighted by molar-refractivity contribution is 0.131. The molecule has 4 nitrogen and oxygen atoms in total. The van der Waals surface area contributed by atoms with Crippen LogP contribution in [-0.2, 0) is 6.54 Å². The molecule has 0 radical (unpaired) electrons. The minimum Gasteiger partial charge on any atom is -0.507 e. The molecule has 1 fully saturated rings. The third-order valence-corrected chi connectivity index (χ3v) is 4.14. The summed E-state index contributed by atoms with van der Waals surface area (Å²) in [4.78, 5) is 2.50. The summed E-state index contributed by atoms with van der Waals surface area (Å²) in [6, 6.07) is 6.21. The highest BCUT2D eigenvalue weighted by Crippen LogP contribution is 2.28. The van der Waals surface area contributed by atoms with Crippen LogP contribution in [0, 0.1) is 0 Å². The highest BCUT2D eigenvalue weighted by molar-refractivity contribution is 5.39. The topological polar surface area (TPSA) is 44.7 Å². The highest BCUT2D eigenvalue weighted by atomic mass is 16.5. The Balaban J connectivity index is 2.02. The van der Waals surface area contributed by atoms with Crippen LogP contribution in [0.1, 0.15) is 31.2 Å². The molecule has 0 aliphatic carbocycles. The number of rotatable bonds is 6. The fourth-order valence-electron chi connectivity index (χ4n) is 2.93. The lowest BCUT2D eigenvalue weighted by atomic mass is 9.98. The van der Waals surface area contributed by atoms with E-state index in [2.05, 4.69) is 10.2 Å². The molecule has 1 unspecified atom stereocenters. The first-order valence-electron chi connectivity index (χ1n) is 7.49. The van der Waals surface area contributed by atoms with Crippen molar-refractivity contribution in [1.29, 1.82) is 0 Å². The van der Waals surface area contributed by atoms with E-state index in [0.717, 1.165) is 25.2 Å². The highest BCUT2D eigenvalue weighted by Gasteiger charge is 2.22. The van der Waals surface area contributed by atoms with Crippen LogP contribution in [0.25, 0.3) is 0 Å². The van der Waals surface area contributed by atoms with Crippen molar-refractivity contribution in [3.63, 3.8) is 0 Å². The van der Waals surface area contributed by atoms with Crippen LogP contribution in [0.15, 0.2) is 18.2 Å². The fraction of sp³-hybridized carbons (Fsp3) is 0.625. The van der Waals surface area contributed by atoms with Crippen molar-refractivity contribution in [2.75, 3.05) is 27.2 Å². The second kappa shape index (κ2) is 7.50. The molecule has 2 rings (SSSR count). The number of likely N-dealkylation sites (tertiary alicyclic amines) is 1. The van der Waals surface area contributed by atoms with E-state index in [1.165, 1.54) is 25.7 Å². The van der Waals surface area contributed by atoms with Crippen LogP contribution >= 0.6 is 0 Å². The Bertz CT molecular complexity index is 423. The predicted octanol–water partition coefficient (Wildman–Crippen LogP) is 2.36. The molecule has 1 saturated heterocycles. The van der Waals surface area contributed by atoms with E-state index >= 15 is 0 Å². The van der Waals surface area contributed by atoms with Gasteiger partial charge in [-0.15, -0.1) is 0 Å². The summed E-state index contributed by atoms with van der Waals surface area (Å²) < 4.78 is 5.13. The van der Waals surface area contributed by atoms with Gasteiger partial charge >= 0.3 is 0 Å². The molecule has 1 aromatic carbocycles. The summed E-state index contributed by atoms with van der Waals surface area (Å²) in [5, 5.41) is 13.3. The first kappa shape index (κ1) is 15.1. The molecule has 112 valence electrons. The van der Waals surface area contributed by atoms with Crippen LogP contribution in [-0.4, -0.2) is 43.3 Å². The van der Waals surface area contributed by atoms with Crippen LogP contribution in [0.2, 0.25) is 0 Å². The van der Waals surface area contributed by atoms with Crippen LogP contribution in [0.4, 0.5) is 0 Å². The Labute approximate surface area is 121 Å². The maximum atomic E-state index is 10.1. The van der Waals surface area contributed by atoms with Gasteiger partial charge in [0, 0.05) is 24.2 Å². The Morgan fingerprint density at radius 1 is 1.40 bits per heavy atom. The molecule has 0 spiro atoms. The van der Waals surface area contributed by atoms with Crippen molar-refractivity contribution < 1.29 is 9.84 Å². The Kier molecular flexibility index (Phi) is 5.68. The standard InChI is InChI=1S/C16H26N2O2/c1-17-9-8-14-5-3-4-10-18(14)12-13-6-7-15(20-2)11-16(13)19/h6-7,11,14,17,19H,3-5,8-10,12H2,1-2H3. The largest absolute Gasteiger partial charge is 0.507 e. The van der Waals surface area contributed by atoms with Crippen molar-refractivity contribution >= 4 is 0 Å². The minimum atomic E-state index is 0.335. The van der Waals surface area contributed by atoms with E-state index in [0.29, 0.717) is 17.5 Å². The lowest BCUT2D eigenvalue weighted by Crippen LogP contribution is -2.40. The van der Waals surface area contributed by atoms with Crippen molar-refractivity contribution in [2.24, 2.45) is 0 Å². The molecule has 0 aromatic heterocycles. The van der Waals surface area contributed by atoms with E-state index in [9.17, 15) is 5.11 Å². The quantitative estimate of drug-likeness (QED) is 0.838. The van der Waals surface area contributed by atoms with Gasteiger partial charge < -0.3 is 15.2 Å². The summed E-state index contributed by atoms with van der Waals surface area (Å²) in [5.41, 5.74) is 0.988. The molecule has 1 atom stereocenters. The van der Waals surface area contributed by atoms with Gasteiger partial charge in [-0.1, -0.05) is 12.5 Å². The third-order valence-electron chi connectivity index (χ3n) is 4.14. The summed E-state index contributed by atoms with van der Waals surface area (Å²) in [5.74, 6) is 1.04. The minimum absolute atomic E-state index is 0.335. The number of hydrogen-bond acceptors (Lipinski definition) is 4. The van der Waals surface area contributed by atoms with Gasteiger partial charge in [0.15, 0.2) is 0 Å². The molecule has 0 bridgehead atoms. The SMILES string of the molecule is CNCCC1CCCCN1Cc1ccc(OC)cc1O. The van der Waals surface area contributed by atoms with E-state index in [4.69, 9.17) is 4.74 Å². The van der Waals surface area contributed by atoms with Gasteiger partial charge in [-0.25, -0.2) is 0 Å². The molecule has 2 N–H and O–H groups in total. The summed E-state index contributed by atoms with van der Waals surface area (Å²) in [6.45, 7) is 3.00. The van der Waals surface area contributed by atoms with Crippen molar-refractivity contribution in [1.82, 2.24) is 10.2 Å². The molecule has 0 saturated carbocycles. The smallest absolute Gasteiger partial charge is 0.123 e. The number of nitrogens with one attached hydrogen (secondary N) is 1. The number of ether oxygens (including phenoxy) is 1. The molecule has 0 amide bonds. The lowest BCUT2D eigenvalue weighted by Gasteiger charge is -2.36. The Morgan fingerprint density at radius 2 is 2.25 bits per heavy atom. The van der Waals surface area contributed by atoms with Crippen molar-refractivity contribution in [2.45, 2.75) is 38.3 Å². The molecule has 4 heteroatoms. The number of aromatic hydroxyl groups is 1. The number of benzene rings is 1. The normalized spacial score (nSPS) is 20.0. The van der Waals surface area contributed by atoms with Gasteiger partial charge in [-0.05, 0) is 45.5 Å². The molecule has 1 aliphatic heterocycles. The number of methoxy groups -OCH3 is 1.